The van der Waals surface area contributed by atoms with Crippen molar-refractivity contribution in [3.63, 3.8) is 0 Å². The van der Waals surface area contributed by atoms with Crippen LogP contribution in [0.15, 0.2) is 6.33 Å². The predicted octanol–water partition coefficient (Wildman–Crippen LogP) is 1.24. The lowest BCUT2D eigenvalue weighted by Crippen LogP contribution is -2.00. The quantitative estimate of drug-likeness (QED) is 0.653. The number of nitrogens with zero attached hydrogens (tertiary/aromatic N) is 2. The Balaban J connectivity index is 2.45. The first-order valence-corrected chi connectivity index (χ1v) is 3.86. The average Bonchev–Trinajstić information content (AvgIpc) is 2.77. The van der Waals surface area contributed by atoms with Crippen LogP contribution in [0.5, 0.6) is 0 Å². The molecule has 1 aromatic heterocycles. The summed E-state index contributed by atoms with van der Waals surface area (Å²) in [5.74, 6) is 0.622. The lowest BCUT2D eigenvalue weighted by atomic mass is 10.2. The molecule has 0 aromatic carbocycles. The number of nitrogens with two attached hydrogens (primary N) is 1. The van der Waals surface area contributed by atoms with E-state index in [4.69, 9.17) is 5.73 Å². The standard InChI is InChI=1S/C8H11N3/c1-5-7(9)8(6-2-3-6)11-4-10-5/h4,6H,2-3,9H2,1H3. The van der Waals surface area contributed by atoms with Crippen molar-refractivity contribution in [2.24, 2.45) is 0 Å². The van der Waals surface area contributed by atoms with E-state index in [9.17, 15) is 0 Å². The molecule has 0 atom stereocenters. The van der Waals surface area contributed by atoms with Crippen molar-refractivity contribution in [3.8, 4) is 0 Å². The Morgan fingerprint density at radius 2 is 2.18 bits per heavy atom. The van der Waals surface area contributed by atoms with Crippen LogP contribution in [0.3, 0.4) is 0 Å². The summed E-state index contributed by atoms with van der Waals surface area (Å²) in [6.45, 7) is 1.92. The fourth-order valence-electron chi connectivity index (χ4n) is 1.18. The molecule has 1 saturated carbocycles. The first-order valence-electron chi connectivity index (χ1n) is 3.86. The van der Waals surface area contributed by atoms with Gasteiger partial charge in [-0.05, 0) is 19.8 Å². The predicted molar refractivity (Wildman–Crippen MR) is 43.2 cm³/mol. The highest BCUT2D eigenvalue weighted by Crippen LogP contribution is 2.41. The van der Waals surface area contributed by atoms with Crippen LogP contribution in [0.4, 0.5) is 5.69 Å². The van der Waals surface area contributed by atoms with Gasteiger partial charge in [0.1, 0.15) is 6.33 Å². The minimum Gasteiger partial charge on any atom is -0.396 e. The van der Waals surface area contributed by atoms with Crippen LogP contribution in [0, 0.1) is 6.92 Å². The summed E-state index contributed by atoms with van der Waals surface area (Å²) in [4.78, 5) is 8.18. The molecule has 11 heavy (non-hydrogen) atoms. The van der Waals surface area contributed by atoms with E-state index in [2.05, 4.69) is 9.97 Å². The monoisotopic (exact) mass is 149 g/mol. The Labute approximate surface area is 65.7 Å². The zero-order valence-corrected chi connectivity index (χ0v) is 6.54. The number of anilines is 1. The van der Waals surface area contributed by atoms with Gasteiger partial charge >= 0.3 is 0 Å². The number of rotatable bonds is 1. The Morgan fingerprint density at radius 3 is 2.82 bits per heavy atom. The fourth-order valence-corrected chi connectivity index (χ4v) is 1.18. The lowest BCUT2D eigenvalue weighted by molar-refractivity contribution is 0.974. The van der Waals surface area contributed by atoms with Gasteiger partial charge in [-0.25, -0.2) is 9.97 Å². The van der Waals surface area contributed by atoms with Gasteiger partial charge in [0.05, 0.1) is 17.1 Å². The molecule has 0 spiro atoms. The van der Waals surface area contributed by atoms with Gasteiger partial charge in [0, 0.05) is 5.92 Å². The number of hydrogen-bond donors (Lipinski definition) is 1. The summed E-state index contributed by atoms with van der Waals surface area (Å²) in [6.07, 6.45) is 4.07. The van der Waals surface area contributed by atoms with E-state index in [1.807, 2.05) is 6.92 Å². The fraction of sp³-hybridized carbons (Fsp3) is 0.500. The Bertz CT molecular complexity index is 279. The van der Waals surface area contributed by atoms with Gasteiger partial charge < -0.3 is 5.73 Å². The van der Waals surface area contributed by atoms with Crippen molar-refractivity contribution in [2.75, 3.05) is 5.73 Å². The van der Waals surface area contributed by atoms with Gasteiger partial charge in [-0.3, -0.25) is 0 Å². The molecule has 0 aliphatic heterocycles. The van der Waals surface area contributed by atoms with Crippen LogP contribution in [0.25, 0.3) is 0 Å². The summed E-state index contributed by atoms with van der Waals surface area (Å²) >= 11 is 0. The van der Waals surface area contributed by atoms with Crippen LogP contribution in [0.2, 0.25) is 0 Å². The van der Waals surface area contributed by atoms with Crippen molar-refractivity contribution in [1.82, 2.24) is 9.97 Å². The molecule has 0 amide bonds. The number of hydrogen-bond acceptors (Lipinski definition) is 3. The average molecular weight is 149 g/mol. The highest BCUT2D eigenvalue weighted by atomic mass is 14.9. The summed E-state index contributed by atoms with van der Waals surface area (Å²) in [6, 6.07) is 0. The third-order valence-corrected chi connectivity index (χ3v) is 2.08. The zero-order valence-electron chi connectivity index (χ0n) is 6.54. The lowest BCUT2D eigenvalue weighted by Gasteiger charge is -2.03. The molecule has 0 bridgehead atoms. The van der Waals surface area contributed by atoms with Crippen molar-refractivity contribution in [1.29, 1.82) is 0 Å². The SMILES string of the molecule is Cc1ncnc(C2CC2)c1N. The van der Waals surface area contributed by atoms with E-state index in [0.717, 1.165) is 17.1 Å². The smallest absolute Gasteiger partial charge is 0.116 e. The first kappa shape index (κ1) is 6.58. The summed E-state index contributed by atoms with van der Waals surface area (Å²) in [5, 5.41) is 0. The highest BCUT2D eigenvalue weighted by Gasteiger charge is 2.27. The molecular formula is C8H11N3. The van der Waals surface area contributed by atoms with Gasteiger partial charge in [0.2, 0.25) is 0 Å². The topological polar surface area (TPSA) is 51.8 Å². The van der Waals surface area contributed by atoms with Crippen molar-refractivity contribution in [3.05, 3.63) is 17.7 Å². The molecule has 1 aromatic rings. The van der Waals surface area contributed by atoms with Gasteiger partial charge in [-0.2, -0.15) is 0 Å². The van der Waals surface area contributed by atoms with E-state index < -0.39 is 0 Å². The molecule has 58 valence electrons. The van der Waals surface area contributed by atoms with Gasteiger partial charge in [0.15, 0.2) is 0 Å². The van der Waals surface area contributed by atoms with Crippen LogP contribution < -0.4 is 5.73 Å². The van der Waals surface area contributed by atoms with E-state index in [0.29, 0.717) is 5.92 Å². The van der Waals surface area contributed by atoms with E-state index in [1.165, 1.54) is 12.8 Å². The van der Waals surface area contributed by atoms with E-state index >= 15 is 0 Å². The molecule has 3 heteroatoms. The van der Waals surface area contributed by atoms with Crippen molar-refractivity contribution < 1.29 is 0 Å². The molecule has 1 aliphatic rings. The minimum absolute atomic E-state index is 0.622. The second kappa shape index (κ2) is 2.19. The third kappa shape index (κ3) is 1.06. The molecule has 0 radical (unpaired) electrons. The molecule has 1 aliphatic carbocycles. The van der Waals surface area contributed by atoms with Crippen molar-refractivity contribution >= 4 is 5.69 Å². The van der Waals surface area contributed by atoms with Crippen LogP contribution in [-0.4, -0.2) is 9.97 Å². The maximum Gasteiger partial charge on any atom is 0.116 e. The summed E-state index contributed by atoms with van der Waals surface area (Å²) in [7, 11) is 0. The molecule has 1 fully saturated rings. The Morgan fingerprint density at radius 1 is 1.45 bits per heavy atom. The highest BCUT2D eigenvalue weighted by molar-refractivity contribution is 5.49. The van der Waals surface area contributed by atoms with Crippen molar-refractivity contribution in [2.45, 2.75) is 25.7 Å². The largest absolute Gasteiger partial charge is 0.396 e. The molecule has 2 rings (SSSR count). The molecule has 0 saturated heterocycles. The number of aromatic nitrogens is 2. The second-order valence-corrected chi connectivity index (χ2v) is 3.03. The van der Waals surface area contributed by atoms with E-state index in [-0.39, 0.29) is 0 Å². The summed E-state index contributed by atoms with van der Waals surface area (Å²) in [5.41, 5.74) is 8.54. The normalized spacial score (nSPS) is 16.8. The maximum atomic E-state index is 5.80. The number of aryl methyl sites for hydroxylation is 1. The molecule has 3 nitrogen and oxygen atoms in total. The summed E-state index contributed by atoms with van der Waals surface area (Å²) < 4.78 is 0. The minimum atomic E-state index is 0.622. The number of nitrogen functional groups attached to an aromatic ring is 1. The van der Waals surface area contributed by atoms with Crippen LogP contribution in [-0.2, 0) is 0 Å². The van der Waals surface area contributed by atoms with Gasteiger partial charge in [-0.15, -0.1) is 0 Å². The zero-order chi connectivity index (χ0) is 7.84. The second-order valence-electron chi connectivity index (χ2n) is 3.03. The van der Waals surface area contributed by atoms with Crippen LogP contribution >= 0.6 is 0 Å². The van der Waals surface area contributed by atoms with Gasteiger partial charge in [0.25, 0.3) is 0 Å². The van der Waals surface area contributed by atoms with Gasteiger partial charge in [-0.1, -0.05) is 0 Å². The first-order chi connectivity index (χ1) is 5.29. The molecule has 0 unspecified atom stereocenters. The molecular weight excluding hydrogens is 138 g/mol. The molecule has 2 N–H and O–H groups in total. The van der Waals surface area contributed by atoms with Crippen LogP contribution in [0.1, 0.15) is 30.1 Å². The molecule has 1 heterocycles. The maximum absolute atomic E-state index is 5.80. The Kier molecular flexibility index (Phi) is 1.31. The third-order valence-electron chi connectivity index (χ3n) is 2.08. The Hall–Kier alpha value is -1.12. The van der Waals surface area contributed by atoms with E-state index in [1.54, 1.807) is 6.33 Å².